The maximum Gasteiger partial charge on any atom is 0.414 e. The van der Waals surface area contributed by atoms with Gasteiger partial charge in [0, 0.05) is 18.7 Å². The minimum Gasteiger partial charge on any atom is -0.493 e. The lowest BCUT2D eigenvalue weighted by atomic mass is 10.1. The quantitative estimate of drug-likeness (QED) is 0.448. The molecular weight excluding hydrogens is 360 g/mol. The zero-order chi connectivity index (χ0) is 20.8. The molecule has 0 heterocycles. The Kier molecular flexibility index (Phi) is 11.0. The summed E-state index contributed by atoms with van der Waals surface area (Å²) in [4.78, 5) is 20.4. The first kappa shape index (κ1) is 23.1. The van der Waals surface area contributed by atoms with E-state index >= 15 is 0 Å². The van der Waals surface area contributed by atoms with Crippen LogP contribution in [0.1, 0.15) is 6.42 Å². The third kappa shape index (κ3) is 9.70. The van der Waals surface area contributed by atoms with Crippen LogP contribution in [0.5, 0.6) is 5.75 Å². The third-order valence-electron chi connectivity index (χ3n) is 3.65. The molecule has 7 heteroatoms. The minimum atomic E-state index is -1.82. The Morgan fingerprint density at radius 1 is 0.929 bits per heavy atom. The van der Waals surface area contributed by atoms with Gasteiger partial charge in [0.25, 0.3) is 0 Å². The molecule has 28 heavy (non-hydrogen) atoms. The van der Waals surface area contributed by atoms with E-state index in [0.29, 0.717) is 0 Å². The van der Waals surface area contributed by atoms with Gasteiger partial charge in [-0.25, -0.2) is 9.59 Å². The number of likely N-dealkylation sites (N-methyl/N-ethyl adjacent to an activating group) is 1. The second kappa shape index (κ2) is 13.3. The second-order valence-electron chi connectivity index (χ2n) is 6.23. The van der Waals surface area contributed by atoms with Crippen LogP contribution in [-0.2, 0) is 9.59 Å². The van der Waals surface area contributed by atoms with E-state index in [4.69, 9.17) is 24.5 Å². The number of rotatable bonds is 9. The van der Waals surface area contributed by atoms with Crippen molar-refractivity contribution in [3.63, 3.8) is 0 Å². The highest BCUT2D eigenvalue weighted by atomic mass is 16.5. The van der Waals surface area contributed by atoms with Gasteiger partial charge in [-0.05, 0) is 38.7 Å². The van der Waals surface area contributed by atoms with Crippen LogP contribution in [0.2, 0.25) is 0 Å². The van der Waals surface area contributed by atoms with Gasteiger partial charge in [0.1, 0.15) is 5.75 Å². The lowest BCUT2D eigenvalue weighted by Gasteiger charge is -2.13. The maximum absolute atomic E-state index is 9.10. The zero-order valence-electron chi connectivity index (χ0n) is 16.3. The number of aliphatic carboxylic acids is 2. The van der Waals surface area contributed by atoms with Crippen molar-refractivity contribution in [2.24, 2.45) is 0 Å². The smallest absolute Gasteiger partial charge is 0.414 e. The molecule has 0 fully saturated rings. The van der Waals surface area contributed by atoms with Crippen LogP contribution in [0.3, 0.4) is 0 Å². The van der Waals surface area contributed by atoms with Gasteiger partial charge in [-0.3, -0.25) is 0 Å². The fraction of sp³-hybridized carbons (Fsp3) is 0.333. The molecule has 0 atom stereocenters. The number of carboxylic acid groups (broad SMARTS) is 2. The van der Waals surface area contributed by atoms with Crippen LogP contribution in [-0.4, -0.2) is 67.4 Å². The van der Waals surface area contributed by atoms with Gasteiger partial charge in [-0.1, -0.05) is 48.5 Å². The van der Waals surface area contributed by atoms with E-state index in [1.165, 1.54) is 5.56 Å². The summed E-state index contributed by atoms with van der Waals surface area (Å²) in [5, 5.41) is 18.2. The van der Waals surface area contributed by atoms with E-state index in [9.17, 15) is 0 Å². The molecule has 0 aliphatic rings. The highest BCUT2D eigenvalue weighted by Gasteiger charge is 2.05. The van der Waals surface area contributed by atoms with Crippen molar-refractivity contribution < 1.29 is 24.5 Å². The number of hydrogen-bond acceptors (Lipinski definition) is 5. The predicted molar refractivity (Wildman–Crippen MR) is 109 cm³/mol. The number of ether oxygens (including phenoxy) is 1. The Hall–Kier alpha value is -2.90. The van der Waals surface area contributed by atoms with Gasteiger partial charge < -0.3 is 25.2 Å². The van der Waals surface area contributed by atoms with Crippen LogP contribution < -0.4 is 10.1 Å². The van der Waals surface area contributed by atoms with Crippen molar-refractivity contribution in [3.8, 4) is 16.9 Å². The number of nitrogens with one attached hydrogen (secondary N) is 1. The number of carbonyl (C=O) groups is 2. The van der Waals surface area contributed by atoms with E-state index in [1.54, 1.807) is 0 Å². The molecule has 0 saturated carbocycles. The number of benzene rings is 2. The lowest BCUT2D eigenvalue weighted by Crippen LogP contribution is -2.27. The molecular formula is C21H28N2O5. The van der Waals surface area contributed by atoms with Crippen LogP contribution in [0.4, 0.5) is 0 Å². The number of carboxylic acids is 2. The first-order chi connectivity index (χ1) is 13.4. The van der Waals surface area contributed by atoms with E-state index in [1.807, 2.05) is 18.2 Å². The molecule has 0 unspecified atom stereocenters. The van der Waals surface area contributed by atoms with Crippen LogP contribution in [0, 0.1) is 0 Å². The average Bonchev–Trinajstić information content (AvgIpc) is 2.68. The molecule has 3 N–H and O–H groups in total. The van der Waals surface area contributed by atoms with Crippen LogP contribution in [0.15, 0.2) is 54.6 Å². The summed E-state index contributed by atoms with van der Waals surface area (Å²) >= 11 is 0. The van der Waals surface area contributed by atoms with Crippen molar-refractivity contribution in [3.05, 3.63) is 54.6 Å². The molecule has 152 valence electrons. The number of nitrogens with zero attached hydrogens (tertiary/aromatic N) is 1. The summed E-state index contributed by atoms with van der Waals surface area (Å²) < 4.78 is 5.97. The number of hydrogen-bond donors (Lipinski definition) is 3. The Balaban J connectivity index is 0.000000568. The topological polar surface area (TPSA) is 99.1 Å². The Labute approximate surface area is 165 Å². The van der Waals surface area contributed by atoms with Gasteiger partial charge in [-0.15, -0.1) is 0 Å². The summed E-state index contributed by atoms with van der Waals surface area (Å²) in [6, 6.07) is 18.6. The van der Waals surface area contributed by atoms with Crippen molar-refractivity contribution in [2.75, 3.05) is 40.3 Å². The molecule has 2 aromatic rings. The van der Waals surface area contributed by atoms with Gasteiger partial charge in [-0.2, -0.15) is 0 Å². The molecule has 2 rings (SSSR count). The van der Waals surface area contributed by atoms with E-state index in [2.05, 4.69) is 60.7 Å². The fourth-order valence-corrected chi connectivity index (χ4v) is 2.26. The molecule has 0 bridgehead atoms. The normalized spacial score (nSPS) is 10.1. The van der Waals surface area contributed by atoms with Crippen molar-refractivity contribution >= 4 is 11.9 Å². The largest absolute Gasteiger partial charge is 0.493 e. The molecule has 0 saturated heterocycles. The Bertz CT molecular complexity index is 708. The highest BCUT2D eigenvalue weighted by Crippen LogP contribution is 2.29. The monoisotopic (exact) mass is 388 g/mol. The Morgan fingerprint density at radius 3 is 2.14 bits per heavy atom. The van der Waals surface area contributed by atoms with Gasteiger partial charge >= 0.3 is 11.9 Å². The summed E-state index contributed by atoms with van der Waals surface area (Å²) in [5.74, 6) is -2.69. The van der Waals surface area contributed by atoms with Crippen LogP contribution in [0.25, 0.3) is 11.1 Å². The van der Waals surface area contributed by atoms with Crippen molar-refractivity contribution in [2.45, 2.75) is 6.42 Å². The molecule has 0 aliphatic carbocycles. The maximum atomic E-state index is 9.10. The molecule has 0 spiro atoms. The molecule has 0 aliphatic heterocycles. The summed E-state index contributed by atoms with van der Waals surface area (Å²) in [7, 11) is 4.18. The predicted octanol–water partition coefficient (Wildman–Crippen LogP) is 2.43. The number of para-hydroxylation sites is 1. The average molecular weight is 388 g/mol. The zero-order valence-corrected chi connectivity index (χ0v) is 16.3. The third-order valence-corrected chi connectivity index (χ3v) is 3.65. The molecule has 2 aromatic carbocycles. The van der Waals surface area contributed by atoms with E-state index in [-0.39, 0.29) is 0 Å². The molecule has 0 radical (unpaired) electrons. The molecule has 0 aromatic heterocycles. The minimum absolute atomic E-state index is 0.735. The van der Waals surface area contributed by atoms with E-state index < -0.39 is 11.9 Å². The second-order valence-corrected chi connectivity index (χ2v) is 6.23. The first-order valence-corrected chi connectivity index (χ1v) is 9.00. The summed E-state index contributed by atoms with van der Waals surface area (Å²) in [6.07, 6.45) is 1.01. The first-order valence-electron chi connectivity index (χ1n) is 9.00. The Morgan fingerprint density at radius 2 is 1.54 bits per heavy atom. The van der Waals surface area contributed by atoms with Crippen molar-refractivity contribution in [1.29, 1.82) is 0 Å². The lowest BCUT2D eigenvalue weighted by molar-refractivity contribution is -0.159. The van der Waals surface area contributed by atoms with Gasteiger partial charge in [0.2, 0.25) is 0 Å². The fourth-order valence-electron chi connectivity index (χ4n) is 2.26. The van der Waals surface area contributed by atoms with Crippen molar-refractivity contribution in [1.82, 2.24) is 10.2 Å². The van der Waals surface area contributed by atoms with E-state index in [0.717, 1.165) is 44.0 Å². The molecule has 7 nitrogen and oxygen atoms in total. The van der Waals surface area contributed by atoms with Gasteiger partial charge in [0.05, 0.1) is 6.61 Å². The highest BCUT2D eigenvalue weighted by molar-refractivity contribution is 6.27. The standard InChI is InChI=1S/C19H26N2O.C2H2O4/c1-21(2)15-14-20-13-8-16-22-19-12-7-6-11-18(19)17-9-4-3-5-10-17;3-1(4)2(5)6/h3-7,9-12,20H,8,13-16H2,1-2H3;(H,3,4)(H,5,6). The SMILES string of the molecule is CN(C)CCNCCCOc1ccccc1-c1ccccc1.O=C(O)C(=O)O. The van der Waals surface area contributed by atoms with Crippen LogP contribution >= 0.6 is 0 Å². The summed E-state index contributed by atoms with van der Waals surface area (Å²) in [5.41, 5.74) is 2.35. The molecule has 0 amide bonds. The van der Waals surface area contributed by atoms with Gasteiger partial charge in [0.15, 0.2) is 0 Å². The summed E-state index contributed by atoms with van der Waals surface area (Å²) in [6.45, 7) is 3.81.